The molecule has 0 bridgehead atoms. The van der Waals surface area contributed by atoms with E-state index >= 15 is 0 Å². The zero-order valence-corrected chi connectivity index (χ0v) is 15.4. The minimum atomic E-state index is 0.0516. The van der Waals surface area contributed by atoms with Gasteiger partial charge in [-0.2, -0.15) is 11.8 Å². The van der Waals surface area contributed by atoms with Gasteiger partial charge in [-0.3, -0.25) is 0 Å². The summed E-state index contributed by atoms with van der Waals surface area (Å²) in [6.45, 7) is 12.1. The molecule has 0 radical (unpaired) electrons. The van der Waals surface area contributed by atoms with Crippen molar-refractivity contribution in [1.29, 1.82) is 0 Å². The standard InChI is InChI=1S/C16H27N3S2/c1-6-7-17-13-10-12(16(3,4)5)18-15(19-13)14-11(2)20-8-9-21-14/h10-11,14H,6-9H2,1-5H3,(H,17,18,19). The summed E-state index contributed by atoms with van der Waals surface area (Å²) in [5.41, 5.74) is 1.19. The second kappa shape index (κ2) is 7.23. The molecule has 2 unspecified atom stereocenters. The average Bonchev–Trinajstić information content (AvgIpc) is 2.44. The molecule has 0 amide bonds. The molecule has 1 aliphatic heterocycles. The molecular weight excluding hydrogens is 298 g/mol. The Morgan fingerprint density at radius 1 is 1.24 bits per heavy atom. The second-order valence-electron chi connectivity index (χ2n) is 6.54. The number of hydrogen-bond donors (Lipinski definition) is 1. The van der Waals surface area contributed by atoms with E-state index in [1.54, 1.807) is 0 Å². The summed E-state index contributed by atoms with van der Waals surface area (Å²) < 4.78 is 0. The molecule has 2 heterocycles. The van der Waals surface area contributed by atoms with Gasteiger partial charge in [0, 0.05) is 34.8 Å². The molecule has 1 aromatic heterocycles. The Hall–Kier alpha value is -0.420. The number of thioether (sulfide) groups is 2. The van der Waals surface area contributed by atoms with Gasteiger partial charge in [-0.15, -0.1) is 11.8 Å². The van der Waals surface area contributed by atoms with E-state index in [2.05, 4.69) is 46.0 Å². The van der Waals surface area contributed by atoms with Crippen molar-refractivity contribution in [2.75, 3.05) is 23.4 Å². The molecule has 1 aliphatic rings. The van der Waals surface area contributed by atoms with Gasteiger partial charge in [0.05, 0.1) is 10.9 Å². The Kier molecular flexibility index (Phi) is 5.83. The summed E-state index contributed by atoms with van der Waals surface area (Å²) in [7, 11) is 0. The Morgan fingerprint density at radius 2 is 1.95 bits per heavy atom. The van der Waals surface area contributed by atoms with E-state index in [0.717, 1.165) is 30.3 Å². The highest BCUT2D eigenvalue weighted by Gasteiger charge is 2.28. The highest BCUT2D eigenvalue weighted by molar-refractivity contribution is 8.06. The van der Waals surface area contributed by atoms with Gasteiger partial charge in [0.2, 0.25) is 0 Å². The lowest BCUT2D eigenvalue weighted by Gasteiger charge is -2.28. The highest BCUT2D eigenvalue weighted by atomic mass is 32.2. The van der Waals surface area contributed by atoms with Gasteiger partial charge >= 0.3 is 0 Å². The van der Waals surface area contributed by atoms with Gasteiger partial charge in [-0.05, 0) is 6.42 Å². The smallest absolute Gasteiger partial charge is 0.145 e. The molecule has 1 N–H and O–H groups in total. The van der Waals surface area contributed by atoms with Crippen molar-refractivity contribution in [3.8, 4) is 0 Å². The number of rotatable bonds is 4. The second-order valence-corrected chi connectivity index (χ2v) is 9.28. The quantitative estimate of drug-likeness (QED) is 0.882. The van der Waals surface area contributed by atoms with Crippen LogP contribution < -0.4 is 5.32 Å². The summed E-state index contributed by atoms with van der Waals surface area (Å²) in [4.78, 5) is 9.70. The molecule has 118 valence electrons. The van der Waals surface area contributed by atoms with E-state index < -0.39 is 0 Å². The zero-order valence-electron chi connectivity index (χ0n) is 13.8. The van der Waals surface area contributed by atoms with Crippen molar-refractivity contribution in [3.63, 3.8) is 0 Å². The monoisotopic (exact) mass is 325 g/mol. The molecule has 0 saturated carbocycles. The Morgan fingerprint density at radius 3 is 2.57 bits per heavy atom. The number of aromatic nitrogens is 2. The molecule has 0 spiro atoms. The summed E-state index contributed by atoms with van der Waals surface area (Å²) in [5, 5.41) is 4.43. The van der Waals surface area contributed by atoms with Crippen molar-refractivity contribution in [2.24, 2.45) is 0 Å². The average molecular weight is 326 g/mol. The van der Waals surface area contributed by atoms with E-state index in [-0.39, 0.29) is 5.41 Å². The molecule has 1 fully saturated rings. The molecule has 21 heavy (non-hydrogen) atoms. The van der Waals surface area contributed by atoms with Gasteiger partial charge in [0.25, 0.3) is 0 Å². The number of nitrogens with one attached hydrogen (secondary N) is 1. The summed E-state index contributed by atoms with van der Waals surface area (Å²) in [6, 6.07) is 2.12. The van der Waals surface area contributed by atoms with E-state index in [0.29, 0.717) is 10.5 Å². The maximum Gasteiger partial charge on any atom is 0.145 e. The van der Waals surface area contributed by atoms with Crippen LogP contribution in [0, 0.1) is 0 Å². The van der Waals surface area contributed by atoms with E-state index in [9.17, 15) is 0 Å². The third-order valence-electron chi connectivity index (χ3n) is 3.51. The van der Waals surface area contributed by atoms with Crippen LogP contribution in [0.3, 0.4) is 0 Å². The van der Waals surface area contributed by atoms with Crippen LogP contribution in [0.25, 0.3) is 0 Å². The van der Waals surface area contributed by atoms with Crippen LogP contribution in [0.1, 0.15) is 57.8 Å². The van der Waals surface area contributed by atoms with Gasteiger partial charge in [-0.1, -0.05) is 34.6 Å². The first-order valence-corrected chi connectivity index (χ1v) is 9.88. The number of hydrogen-bond acceptors (Lipinski definition) is 5. The van der Waals surface area contributed by atoms with Crippen molar-refractivity contribution < 1.29 is 0 Å². The summed E-state index contributed by atoms with van der Waals surface area (Å²) in [6.07, 6.45) is 1.11. The predicted molar refractivity (Wildman–Crippen MR) is 96.6 cm³/mol. The fraction of sp³-hybridized carbons (Fsp3) is 0.750. The van der Waals surface area contributed by atoms with E-state index in [4.69, 9.17) is 9.97 Å². The lowest BCUT2D eigenvalue weighted by atomic mass is 9.92. The molecule has 1 aromatic rings. The third kappa shape index (κ3) is 4.52. The molecule has 3 nitrogen and oxygen atoms in total. The van der Waals surface area contributed by atoms with Crippen LogP contribution in [0.2, 0.25) is 0 Å². The van der Waals surface area contributed by atoms with Crippen molar-refractivity contribution >= 4 is 29.3 Å². The van der Waals surface area contributed by atoms with Crippen molar-refractivity contribution in [2.45, 2.75) is 57.0 Å². The van der Waals surface area contributed by atoms with Crippen LogP contribution in [-0.2, 0) is 5.41 Å². The van der Waals surface area contributed by atoms with Gasteiger partial charge < -0.3 is 5.32 Å². The fourth-order valence-electron chi connectivity index (χ4n) is 2.24. The van der Waals surface area contributed by atoms with Crippen LogP contribution in [-0.4, -0.2) is 33.3 Å². The van der Waals surface area contributed by atoms with E-state index in [1.165, 1.54) is 11.5 Å². The summed E-state index contributed by atoms with van der Waals surface area (Å²) in [5.74, 6) is 4.42. The highest BCUT2D eigenvalue weighted by Crippen LogP contribution is 2.41. The predicted octanol–water partition coefficient (Wildman–Crippen LogP) is 4.51. The molecule has 0 aromatic carbocycles. The minimum absolute atomic E-state index is 0.0516. The third-order valence-corrected chi connectivity index (χ3v) is 6.60. The molecule has 5 heteroatoms. The Balaban J connectivity index is 2.34. The maximum atomic E-state index is 4.90. The van der Waals surface area contributed by atoms with Crippen molar-refractivity contribution in [3.05, 3.63) is 17.6 Å². The number of nitrogens with zero attached hydrogens (tertiary/aromatic N) is 2. The number of anilines is 1. The summed E-state index contributed by atoms with van der Waals surface area (Å²) >= 11 is 4.04. The largest absolute Gasteiger partial charge is 0.370 e. The molecule has 2 atom stereocenters. The van der Waals surface area contributed by atoms with Crippen LogP contribution >= 0.6 is 23.5 Å². The van der Waals surface area contributed by atoms with Gasteiger partial charge in [0.1, 0.15) is 11.6 Å². The SMILES string of the molecule is CCCNc1cc(C(C)(C)C)nc(C2SCCSC2C)n1. The Labute approximate surface area is 137 Å². The first kappa shape index (κ1) is 16.9. The van der Waals surface area contributed by atoms with Crippen LogP contribution in [0.15, 0.2) is 6.07 Å². The first-order valence-electron chi connectivity index (χ1n) is 7.78. The topological polar surface area (TPSA) is 37.8 Å². The van der Waals surface area contributed by atoms with Gasteiger partial charge in [-0.25, -0.2) is 9.97 Å². The lowest BCUT2D eigenvalue weighted by molar-refractivity contribution is 0.561. The minimum Gasteiger partial charge on any atom is -0.370 e. The lowest BCUT2D eigenvalue weighted by Crippen LogP contribution is -2.22. The maximum absolute atomic E-state index is 4.90. The van der Waals surface area contributed by atoms with E-state index in [1.807, 2.05) is 23.5 Å². The van der Waals surface area contributed by atoms with Crippen LogP contribution in [0.5, 0.6) is 0 Å². The fourth-order valence-corrected chi connectivity index (χ4v) is 4.93. The molecule has 0 aliphatic carbocycles. The molecule has 2 rings (SSSR count). The first-order chi connectivity index (χ1) is 9.91. The Bertz CT molecular complexity index is 471. The molecule has 1 saturated heterocycles. The zero-order chi connectivity index (χ0) is 15.5. The van der Waals surface area contributed by atoms with Crippen LogP contribution in [0.4, 0.5) is 5.82 Å². The van der Waals surface area contributed by atoms with Gasteiger partial charge in [0.15, 0.2) is 0 Å². The molecular formula is C16H27N3S2. The normalized spacial score (nSPS) is 23.1. The van der Waals surface area contributed by atoms with Crippen molar-refractivity contribution in [1.82, 2.24) is 9.97 Å².